The fourth-order valence-electron chi connectivity index (χ4n) is 3.72. The van der Waals surface area contributed by atoms with E-state index in [4.69, 9.17) is 0 Å². The molecule has 0 spiro atoms. The Morgan fingerprint density at radius 1 is 1.11 bits per heavy atom. The van der Waals surface area contributed by atoms with Crippen LogP contribution in [0.4, 0.5) is 13.2 Å². The van der Waals surface area contributed by atoms with Crippen LogP contribution in [0.2, 0.25) is 0 Å². The number of rotatable bonds is 5. The van der Waals surface area contributed by atoms with Gasteiger partial charge in [0.05, 0.1) is 33.4 Å². The van der Waals surface area contributed by atoms with E-state index in [1.165, 1.54) is 19.2 Å². The second-order valence-electron chi connectivity index (χ2n) is 8.25. The third kappa shape index (κ3) is 4.01. The molecule has 1 aliphatic carbocycles. The average molecular weight is 498 g/mol. The molecule has 1 fully saturated rings. The summed E-state index contributed by atoms with van der Waals surface area (Å²) in [4.78, 5) is 12.6. The Labute approximate surface area is 198 Å². The van der Waals surface area contributed by atoms with Crippen LogP contribution in [0.25, 0.3) is 28.3 Å². The van der Waals surface area contributed by atoms with Gasteiger partial charge >= 0.3 is 6.18 Å². The number of fused-ring (bicyclic) bond motifs is 1. The Morgan fingerprint density at radius 2 is 1.86 bits per heavy atom. The summed E-state index contributed by atoms with van der Waals surface area (Å²) in [6.07, 6.45) is 1.06. The lowest BCUT2D eigenvalue weighted by Crippen LogP contribution is -2.08. The SMILES string of the molecule is CCS(=O)(=O)c1cc(-c2ccc(C3(C#N)CC3)nc2)cnc1-c1nc2cc(C(F)(F)F)ccn2n1. The van der Waals surface area contributed by atoms with Crippen molar-refractivity contribution < 1.29 is 21.6 Å². The predicted octanol–water partition coefficient (Wildman–Crippen LogP) is 4.22. The number of halogens is 3. The van der Waals surface area contributed by atoms with Crippen molar-refractivity contribution in [3.05, 3.63) is 60.2 Å². The molecule has 12 heteroatoms. The van der Waals surface area contributed by atoms with Crippen molar-refractivity contribution in [3.8, 4) is 28.7 Å². The van der Waals surface area contributed by atoms with Gasteiger partial charge in [0.2, 0.25) is 5.82 Å². The lowest BCUT2D eigenvalue weighted by molar-refractivity contribution is -0.137. The number of nitriles is 1. The molecule has 0 atom stereocenters. The summed E-state index contributed by atoms with van der Waals surface area (Å²) < 4.78 is 66.1. The minimum atomic E-state index is -4.56. The molecule has 0 bridgehead atoms. The molecule has 4 aromatic heterocycles. The molecular weight excluding hydrogens is 481 g/mol. The summed E-state index contributed by atoms with van der Waals surface area (Å²) in [5, 5.41) is 13.5. The van der Waals surface area contributed by atoms with Crippen LogP contribution < -0.4 is 0 Å². The quantitative estimate of drug-likeness (QED) is 0.405. The van der Waals surface area contributed by atoms with Gasteiger partial charge in [-0.15, -0.1) is 5.10 Å². The maximum atomic E-state index is 13.1. The molecule has 4 aromatic rings. The molecule has 178 valence electrons. The highest BCUT2D eigenvalue weighted by atomic mass is 32.2. The van der Waals surface area contributed by atoms with Gasteiger partial charge in [-0.25, -0.2) is 17.9 Å². The summed E-state index contributed by atoms with van der Waals surface area (Å²) in [7, 11) is -3.80. The number of pyridine rings is 3. The van der Waals surface area contributed by atoms with Crippen LogP contribution in [-0.4, -0.2) is 38.7 Å². The van der Waals surface area contributed by atoms with Crippen molar-refractivity contribution in [2.24, 2.45) is 0 Å². The third-order valence-corrected chi connectivity index (χ3v) is 7.74. The van der Waals surface area contributed by atoms with E-state index < -0.39 is 27.0 Å². The maximum Gasteiger partial charge on any atom is 0.416 e. The van der Waals surface area contributed by atoms with Gasteiger partial charge in [0.1, 0.15) is 5.69 Å². The number of alkyl halides is 3. The third-order valence-electron chi connectivity index (χ3n) is 6.00. The second-order valence-corrected chi connectivity index (χ2v) is 10.5. The number of hydrogen-bond donors (Lipinski definition) is 0. The molecule has 0 N–H and O–H groups in total. The van der Waals surface area contributed by atoms with Gasteiger partial charge in [0.15, 0.2) is 15.5 Å². The molecule has 35 heavy (non-hydrogen) atoms. The molecule has 0 amide bonds. The average Bonchev–Trinajstić information content (AvgIpc) is 3.54. The predicted molar refractivity (Wildman–Crippen MR) is 119 cm³/mol. The van der Waals surface area contributed by atoms with Crippen molar-refractivity contribution >= 4 is 15.5 Å². The van der Waals surface area contributed by atoms with Gasteiger partial charge in [-0.3, -0.25) is 9.97 Å². The van der Waals surface area contributed by atoms with Crippen molar-refractivity contribution in [3.63, 3.8) is 0 Å². The highest BCUT2D eigenvalue weighted by Gasteiger charge is 2.46. The second kappa shape index (κ2) is 7.84. The fraction of sp³-hybridized carbons (Fsp3) is 0.261. The van der Waals surface area contributed by atoms with Crippen LogP contribution in [-0.2, 0) is 21.4 Å². The first-order valence-electron chi connectivity index (χ1n) is 10.6. The Bertz CT molecular complexity index is 1600. The molecule has 4 heterocycles. The van der Waals surface area contributed by atoms with Crippen molar-refractivity contribution in [1.29, 1.82) is 5.26 Å². The summed E-state index contributed by atoms with van der Waals surface area (Å²) in [6, 6.07) is 8.90. The van der Waals surface area contributed by atoms with Crippen molar-refractivity contribution in [2.75, 3.05) is 5.75 Å². The molecule has 8 nitrogen and oxygen atoms in total. The topological polar surface area (TPSA) is 114 Å². The van der Waals surface area contributed by atoms with Crippen LogP contribution in [0.15, 0.2) is 53.8 Å². The number of aromatic nitrogens is 5. The zero-order chi connectivity index (χ0) is 25.0. The normalized spacial score (nSPS) is 15.2. The van der Waals surface area contributed by atoms with Crippen LogP contribution in [0, 0.1) is 11.3 Å². The van der Waals surface area contributed by atoms with E-state index in [2.05, 4.69) is 26.1 Å². The number of nitrogens with zero attached hydrogens (tertiary/aromatic N) is 6. The van der Waals surface area contributed by atoms with Crippen molar-refractivity contribution in [1.82, 2.24) is 24.6 Å². The van der Waals surface area contributed by atoms with E-state index in [1.807, 2.05) is 0 Å². The van der Waals surface area contributed by atoms with Crippen LogP contribution in [0.5, 0.6) is 0 Å². The maximum absolute atomic E-state index is 13.1. The van der Waals surface area contributed by atoms with E-state index >= 15 is 0 Å². The summed E-state index contributed by atoms with van der Waals surface area (Å²) in [5.41, 5.74) is 0.163. The van der Waals surface area contributed by atoms with E-state index in [0.717, 1.165) is 35.7 Å². The molecule has 5 rings (SSSR count). The van der Waals surface area contributed by atoms with E-state index in [9.17, 15) is 26.9 Å². The number of sulfone groups is 1. The monoisotopic (exact) mass is 498 g/mol. The molecule has 0 saturated heterocycles. The molecular formula is C23H17F3N6O2S. The van der Waals surface area contributed by atoms with Gasteiger partial charge in [-0.2, -0.15) is 18.4 Å². The smallest absolute Gasteiger partial charge is 0.259 e. The van der Waals surface area contributed by atoms with Crippen molar-refractivity contribution in [2.45, 2.75) is 36.3 Å². The summed E-state index contributed by atoms with van der Waals surface area (Å²) in [6.45, 7) is 1.48. The lowest BCUT2D eigenvalue weighted by Gasteiger charge is -2.10. The largest absolute Gasteiger partial charge is 0.416 e. The highest BCUT2D eigenvalue weighted by molar-refractivity contribution is 7.91. The summed E-state index contributed by atoms with van der Waals surface area (Å²) in [5.74, 6) is -0.334. The molecule has 0 radical (unpaired) electrons. The van der Waals surface area contributed by atoms with Crippen LogP contribution >= 0.6 is 0 Å². The number of hydrogen-bond acceptors (Lipinski definition) is 7. The molecule has 1 aliphatic rings. The van der Waals surface area contributed by atoms with E-state index in [-0.39, 0.29) is 27.8 Å². The first-order valence-corrected chi connectivity index (χ1v) is 12.3. The van der Waals surface area contributed by atoms with Crippen LogP contribution in [0.1, 0.15) is 31.0 Å². The van der Waals surface area contributed by atoms with Gasteiger partial charge < -0.3 is 0 Å². The molecule has 1 saturated carbocycles. The fourth-order valence-corrected chi connectivity index (χ4v) is 4.78. The van der Waals surface area contributed by atoms with Gasteiger partial charge in [0.25, 0.3) is 0 Å². The Balaban J connectivity index is 1.59. The molecule has 0 unspecified atom stereocenters. The van der Waals surface area contributed by atoms with Gasteiger partial charge in [-0.05, 0) is 37.1 Å². The lowest BCUT2D eigenvalue weighted by atomic mass is 10.0. The van der Waals surface area contributed by atoms with Gasteiger partial charge in [0, 0.05) is 29.7 Å². The molecule has 0 aliphatic heterocycles. The minimum Gasteiger partial charge on any atom is -0.259 e. The van der Waals surface area contributed by atoms with E-state index in [1.54, 1.807) is 18.3 Å². The zero-order valence-electron chi connectivity index (χ0n) is 18.3. The van der Waals surface area contributed by atoms with E-state index in [0.29, 0.717) is 16.8 Å². The first kappa shape index (κ1) is 22.9. The Morgan fingerprint density at radius 3 is 2.46 bits per heavy atom. The highest BCUT2D eigenvalue weighted by Crippen LogP contribution is 2.46. The Hall–Kier alpha value is -3.85. The van der Waals surface area contributed by atoms with Crippen LogP contribution in [0.3, 0.4) is 0 Å². The minimum absolute atomic E-state index is 0.0566. The molecule has 0 aromatic carbocycles. The standard InChI is InChI=1S/C23H17F3N6O2S/c1-2-35(33,34)17-9-15(14-3-4-18(28-11-14)22(13-27)6-7-22)12-29-20(17)21-30-19-10-16(23(24,25)26)5-8-32(19)31-21/h3-5,8-12H,2,6-7H2,1H3. The Kier molecular flexibility index (Phi) is 5.14. The summed E-state index contributed by atoms with van der Waals surface area (Å²) >= 11 is 0. The first-order chi connectivity index (χ1) is 16.6. The van der Waals surface area contributed by atoms with Gasteiger partial charge in [-0.1, -0.05) is 13.0 Å². The zero-order valence-corrected chi connectivity index (χ0v) is 19.1.